The minimum atomic E-state index is -0.972. The van der Waals surface area contributed by atoms with E-state index in [9.17, 15) is 9.59 Å². The van der Waals surface area contributed by atoms with Crippen LogP contribution in [0, 0.1) is 0 Å². The minimum Gasteiger partial charge on any atom is -0.477 e. The van der Waals surface area contributed by atoms with E-state index in [-0.39, 0.29) is 10.7 Å². The van der Waals surface area contributed by atoms with E-state index >= 15 is 0 Å². The molecule has 1 aliphatic rings. The molecule has 1 aromatic rings. The predicted octanol–water partition coefficient (Wildman–Crippen LogP) is 1.08. The zero-order valence-corrected chi connectivity index (χ0v) is 7.72. The molecule has 0 unspecified atom stereocenters. The lowest BCUT2D eigenvalue weighted by molar-refractivity contribution is 0.0702. The summed E-state index contributed by atoms with van der Waals surface area (Å²) in [7, 11) is 1.78. The van der Waals surface area contributed by atoms with Crippen molar-refractivity contribution in [1.29, 1.82) is 0 Å². The van der Waals surface area contributed by atoms with Crippen molar-refractivity contribution in [1.82, 2.24) is 0 Å². The molecule has 0 saturated carbocycles. The lowest BCUT2D eigenvalue weighted by Crippen LogP contribution is -2.15. The third kappa shape index (κ3) is 1.12. The van der Waals surface area contributed by atoms with Gasteiger partial charge in [0.1, 0.15) is 9.88 Å². The largest absolute Gasteiger partial charge is 0.477 e. The lowest BCUT2D eigenvalue weighted by atomic mass is 10.2. The summed E-state index contributed by atoms with van der Waals surface area (Å²) in [5.41, 5.74) is 0.546. The Kier molecular flexibility index (Phi) is 1.63. The van der Waals surface area contributed by atoms with E-state index in [4.69, 9.17) is 5.11 Å². The molecule has 1 aliphatic heterocycles. The zero-order valence-electron chi connectivity index (χ0n) is 6.90. The highest BCUT2D eigenvalue weighted by atomic mass is 32.1. The van der Waals surface area contributed by atoms with Crippen molar-refractivity contribution in [3.8, 4) is 0 Å². The van der Waals surface area contributed by atoms with E-state index in [1.165, 1.54) is 6.07 Å². The Morgan fingerprint density at radius 2 is 2.38 bits per heavy atom. The third-order valence-electron chi connectivity index (χ3n) is 1.95. The number of rotatable bonds is 1. The Morgan fingerprint density at radius 3 is 2.92 bits per heavy atom. The van der Waals surface area contributed by atoms with Gasteiger partial charge < -0.3 is 10.0 Å². The fraction of sp³-hybridized carbons (Fsp3) is 0.250. The maximum absolute atomic E-state index is 11.3. The zero-order chi connectivity index (χ0) is 9.59. The molecule has 5 heteroatoms. The Bertz CT molecular complexity index is 396. The van der Waals surface area contributed by atoms with Crippen LogP contribution < -0.4 is 4.90 Å². The number of ketones is 1. The summed E-state index contributed by atoms with van der Waals surface area (Å²) in [6.07, 6.45) is 0. The van der Waals surface area contributed by atoms with Crippen molar-refractivity contribution in [2.45, 2.75) is 0 Å². The summed E-state index contributed by atoms with van der Waals surface area (Å²) in [5.74, 6) is -0.971. The van der Waals surface area contributed by atoms with E-state index in [1.54, 1.807) is 11.9 Å². The standard InChI is InChI=1S/C8H7NO3S/c1-9-3-5(10)4-2-6(8(11)12)13-7(4)9/h2H,3H2,1H3,(H,11,12). The molecule has 0 spiro atoms. The van der Waals surface area contributed by atoms with Gasteiger partial charge in [0.25, 0.3) is 0 Å². The summed E-state index contributed by atoms with van der Waals surface area (Å²) in [4.78, 5) is 23.9. The normalized spacial score (nSPS) is 14.8. The second kappa shape index (κ2) is 2.56. The van der Waals surface area contributed by atoms with E-state index in [0.717, 1.165) is 16.3 Å². The molecule has 2 rings (SSSR count). The summed E-state index contributed by atoms with van der Waals surface area (Å²) >= 11 is 1.15. The molecule has 0 atom stereocenters. The molecule has 0 bridgehead atoms. The number of Topliss-reactive ketones (excluding diaryl/α,β-unsaturated/α-hetero) is 1. The van der Waals surface area contributed by atoms with Gasteiger partial charge in [-0.25, -0.2) is 4.79 Å². The van der Waals surface area contributed by atoms with Gasteiger partial charge in [0.05, 0.1) is 12.1 Å². The number of anilines is 1. The number of nitrogens with zero attached hydrogens (tertiary/aromatic N) is 1. The van der Waals surface area contributed by atoms with Crippen molar-refractivity contribution in [3.05, 3.63) is 16.5 Å². The summed E-state index contributed by atoms with van der Waals surface area (Å²) in [6, 6.07) is 1.45. The molecule has 1 aromatic heterocycles. The van der Waals surface area contributed by atoms with E-state index in [1.807, 2.05) is 0 Å². The van der Waals surface area contributed by atoms with E-state index in [2.05, 4.69) is 0 Å². The number of carboxylic acids is 1. The molecule has 13 heavy (non-hydrogen) atoms. The average molecular weight is 197 g/mol. The molecule has 2 heterocycles. The average Bonchev–Trinajstić information content (AvgIpc) is 2.55. The van der Waals surface area contributed by atoms with Crippen molar-refractivity contribution in [2.24, 2.45) is 0 Å². The number of carbonyl (C=O) groups is 2. The molecule has 0 amide bonds. The SMILES string of the molecule is CN1CC(=O)c2cc(C(=O)O)sc21. The van der Waals surface area contributed by atoms with Crippen molar-refractivity contribution < 1.29 is 14.7 Å². The summed E-state index contributed by atoms with van der Waals surface area (Å²) in [5, 5.41) is 9.46. The van der Waals surface area contributed by atoms with Crippen LogP contribution >= 0.6 is 11.3 Å². The van der Waals surface area contributed by atoms with Crippen LogP contribution in [0.5, 0.6) is 0 Å². The van der Waals surface area contributed by atoms with Gasteiger partial charge in [-0.05, 0) is 6.07 Å². The fourth-order valence-electron chi connectivity index (χ4n) is 1.34. The highest BCUT2D eigenvalue weighted by Crippen LogP contribution is 2.35. The predicted molar refractivity (Wildman–Crippen MR) is 48.9 cm³/mol. The quantitative estimate of drug-likeness (QED) is 0.731. The first-order valence-corrected chi connectivity index (χ1v) is 4.52. The van der Waals surface area contributed by atoms with Gasteiger partial charge in [0.15, 0.2) is 5.78 Å². The number of hydrogen-bond acceptors (Lipinski definition) is 4. The third-order valence-corrected chi connectivity index (χ3v) is 3.19. The Hall–Kier alpha value is -1.36. The van der Waals surface area contributed by atoms with Crippen molar-refractivity contribution >= 4 is 28.1 Å². The second-order valence-electron chi connectivity index (χ2n) is 2.91. The summed E-state index contributed by atoms with van der Waals surface area (Å²) in [6.45, 7) is 0.362. The fourth-order valence-corrected chi connectivity index (χ4v) is 2.32. The van der Waals surface area contributed by atoms with Gasteiger partial charge in [-0.1, -0.05) is 0 Å². The molecule has 4 nitrogen and oxygen atoms in total. The Labute approximate surface area is 78.4 Å². The van der Waals surface area contributed by atoms with Crippen LogP contribution in [0.3, 0.4) is 0 Å². The second-order valence-corrected chi connectivity index (χ2v) is 3.94. The molecule has 68 valence electrons. The van der Waals surface area contributed by atoms with Crippen LogP contribution in [0.25, 0.3) is 0 Å². The highest BCUT2D eigenvalue weighted by molar-refractivity contribution is 7.18. The molecule has 0 saturated heterocycles. The molecular formula is C8H7NO3S. The lowest BCUT2D eigenvalue weighted by Gasteiger charge is -2.06. The topological polar surface area (TPSA) is 57.6 Å². The minimum absolute atomic E-state index is 0.00116. The molecule has 0 aliphatic carbocycles. The number of thiophene rings is 1. The molecule has 0 radical (unpaired) electrons. The molecule has 0 fully saturated rings. The van der Waals surface area contributed by atoms with Gasteiger partial charge in [0, 0.05) is 7.05 Å². The number of likely N-dealkylation sites (N-methyl/N-ethyl adjacent to an activating group) is 1. The summed E-state index contributed by atoms with van der Waals surface area (Å²) < 4.78 is 0. The van der Waals surface area contributed by atoms with Gasteiger partial charge in [-0.3, -0.25) is 4.79 Å². The smallest absolute Gasteiger partial charge is 0.345 e. The first-order chi connectivity index (χ1) is 6.09. The Morgan fingerprint density at radius 1 is 1.69 bits per heavy atom. The van der Waals surface area contributed by atoms with Gasteiger partial charge in [-0.2, -0.15) is 0 Å². The molecular weight excluding hydrogens is 190 g/mol. The number of fused-ring (bicyclic) bond motifs is 1. The van der Waals surface area contributed by atoms with Gasteiger partial charge in [0.2, 0.25) is 0 Å². The van der Waals surface area contributed by atoms with Crippen LogP contribution in [-0.2, 0) is 0 Å². The Balaban J connectivity index is 2.52. The van der Waals surface area contributed by atoms with Crippen LogP contribution in [0.4, 0.5) is 5.00 Å². The molecule has 0 aromatic carbocycles. The van der Waals surface area contributed by atoms with Crippen LogP contribution in [0.2, 0.25) is 0 Å². The number of carbonyl (C=O) groups excluding carboxylic acids is 1. The number of hydrogen-bond donors (Lipinski definition) is 1. The van der Waals surface area contributed by atoms with Crippen LogP contribution in [0.15, 0.2) is 6.07 Å². The van der Waals surface area contributed by atoms with Gasteiger partial charge >= 0.3 is 5.97 Å². The monoisotopic (exact) mass is 197 g/mol. The maximum atomic E-state index is 11.3. The van der Waals surface area contributed by atoms with Crippen molar-refractivity contribution in [3.63, 3.8) is 0 Å². The first kappa shape index (κ1) is 8.25. The first-order valence-electron chi connectivity index (χ1n) is 3.71. The van der Waals surface area contributed by atoms with E-state index in [0.29, 0.717) is 12.1 Å². The van der Waals surface area contributed by atoms with Crippen molar-refractivity contribution in [2.75, 3.05) is 18.5 Å². The highest BCUT2D eigenvalue weighted by Gasteiger charge is 2.28. The van der Waals surface area contributed by atoms with Crippen LogP contribution in [0.1, 0.15) is 20.0 Å². The number of carboxylic acid groups (broad SMARTS) is 1. The maximum Gasteiger partial charge on any atom is 0.345 e. The molecule has 1 N–H and O–H groups in total. The number of aromatic carboxylic acids is 1. The van der Waals surface area contributed by atoms with Crippen LogP contribution in [-0.4, -0.2) is 30.5 Å². The van der Waals surface area contributed by atoms with Gasteiger partial charge in [-0.15, -0.1) is 11.3 Å². The van der Waals surface area contributed by atoms with E-state index < -0.39 is 5.97 Å².